The predicted octanol–water partition coefficient (Wildman–Crippen LogP) is 3.29. The number of nitrogens with zero attached hydrogens (tertiary/aromatic N) is 2. The molecule has 0 amide bonds. The van der Waals surface area contributed by atoms with Gasteiger partial charge >= 0.3 is 0 Å². The quantitative estimate of drug-likeness (QED) is 0.795. The first-order valence-corrected chi connectivity index (χ1v) is 9.90. The Hall–Kier alpha value is -1.01. The molecule has 1 fully saturated rings. The zero-order valence-electron chi connectivity index (χ0n) is 12.4. The molecule has 1 aliphatic carbocycles. The van der Waals surface area contributed by atoms with Crippen LogP contribution in [0.1, 0.15) is 32.1 Å². The number of para-hydroxylation sites is 1. The first kappa shape index (κ1) is 14.9. The zero-order chi connectivity index (χ0) is 15.1. The Morgan fingerprint density at radius 2 is 1.86 bits per heavy atom. The number of rotatable bonds is 1. The van der Waals surface area contributed by atoms with Gasteiger partial charge in [-0.25, -0.2) is 8.42 Å². The molecule has 0 aromatic heterocycles. The molecule has 1 saturated carbocycles. The highest BCUT2D eigenvalue weighted by Gasteiger charge is 2.45. The summed E-state index contributed by atoms with van der Waals surface area (Å²) in [4.78, 5) is 3.19. The van der Waals surface area contributed by atoms with Crippen LogP contribution in [0.2, 0.25) is 0 Å². The van der Waals surface area contributed by atoms with E-state index in [0.717, 1.165) is 31.4 Å². The van der Waals surface area contributed by atoms with Gasteiger partial charge in [-0.1, -0.05) is 31.4 Å². The summed E-state index contributed by atoms with van der Waals surface area (Å²) < 4.78 is 27.4. The fourth-order valence-electron chi connectivity index (χ4n) is 3.25. The summed E-state index contributed by atoms with van der Waals surface area (Å²) in [7, 11) is -1.47. The van der Waals surface area contributed by atoms with E-state index < -0.39 is 10.0 Å². The minimum Gasteiger partial charge on any atom is -0.330 e. The van der Waals surface area contributed by atoms with E-state index in [2.05, 4.69) is 10.5 Å². The average Bonchev–Trinajstić information content (AvgIpc) is 2.44. The summed E-state index contributed by atoms with van der Waals surface area (Å²) in [6.45, 7) is 0. The molecule has 0 N–H and O–H groups in total. The van der Waals surface area contributed by atoms with Crippen LogP contribution in [0.5, 0.6) is 0 Å². The van der Waals surface area contributed by atoms with Crippen LogP contribution < -0.4 is 4.90 Å². The van der Waals surface area contributed by atoms with Gasteiger partial charge in [-0.2, -0.15) is 0 Å². The van der Waals surface area contributed by atoms with Crippen LogP contribution in [-0.4, -0.2) is 32.3 Å². The Balaban J connectivity index is 2.16. The number of amidine groups is 1. The van der Waals surface area contributed by atoms with Crippen molar-refractivity contribution in [1.29, 1.82) is 0 Å². The lowest BCUT2D eigenvalue weighted by Crippen LogP contribution is -2.49. The van der Waals surface area contributed by atoms with Gasteiger partial charge in [0.25, 0.3) is 10.0 Å². The molecule has 1 aromatic carbocycles. The number of hydrogen-bond acceptors (Lipinski definition) is 3. The van der Waals surface area contributed by atoms with E-state index in [1.165, 1.54) is 17.6 Å². The Morgan fingerprint density at radius 1 is 1.19 bits per heavy atom. The molecule has 0 atom stereocenters. The number of benzene rings is 1. The maximum atomic E-state index is 11.8. The third-order valence-electron chi connectivity index (χ3n) is 4.17. The Labute approximate surface area is 130 Å². The maximum absolute atomic E-state index is 11.8. The first-order chi connectivity index (χ1) is 9.91. The average molecular weight is 324 g/mol. The van der Waals surface area contributed by atoms with Gasteiger partial charge in [0.05, 0.1) is 16.7 Å². The van der Waals surface area contributed by atoms with Gasteiger partial charge in [0.15, 0.2) is 0 Å². The molecule has 0 bridgehead atoms. The standard InChI is InChI=1S/C15H20N2O2S2/c1-17-12-8-4-5-9-13(12)20-15(10-6-3-7-11-15)14(17)16-21(2,18)19/h4-5,8-9H,3,6-7,10-11H2,1-2H3/b16-14+. The fourth-order valence-corrected chi connectivity index (χ4v) is 5.56. The number of thioether (sulfide) groups is 1. The Morgan fingerprint density at radius 3 is 2.52 bits per heavy atom. The summed E-state index contributed by atoms with van der Waals surface area (Å²) in [5.41, 5.74) is 1.04. The van der Waals surface area contributed by atoms with Crippen LogP contribution in [0.4, 0.5) is 5.69 Å². The highest BCUT2D eigenvalue weighted by molar-refractivity contribution is 8.01. The van der Waals surface area contributed by atoms with Crippen LogP contribution in [0, 0.1) is 0 Å². The molecule has 3 rings (SSSR count). The van der Waals surface area contributed by atoms with Crippen molar-refractivity contribution in [3.05, 3.63) is 24.3 Å². The highest BCUT2D eigenvalue weighted by Crippen LogP contribution is 2.51. The third kappa shape index (κ3) is 2.83. The van der Waals surface area contributed by atoms with E-state index in [0.29, 0.717) is 5.84 Å². The summed E-state index contributed by atoms with van der Waals surface area (Å²) >= 11 is 1.80. The van der Waals surface area contributed by atoms with Gasteiger partial charge in [-0.3, -0.25) is 0 Å². The summed E-state index contributed by atoms with van der Waals surface area (Å²) in [6.07, 6.45) is 6.64. The molecule has 1 heterocycles. The second-order valence-electron chi connectivity index (χ2n) is 5.83. The molecule has 0 radical (unpaired) electrons. The molecular weight excluding hydrogens is 304 g/mol. The molecule has 1 aromatic rings. The predicted molar refractivity (Wildman–Crippen MR) is 88.8 cm³/mol. The van der Waals surface area contributed by atoms with Crippen LogP contribution in [0.25, 0.3) is 0 Å². The molecule has 0 unspecified atom stereocenters. The van der Waals surface area contributed by atoms with Crippen molar-refractivity contribution in [2.75, 3.05) is 18.2 Å². The Kier molecular flexibility index (Phi) is 3.78. The summed E-state index contributed by atoms with van der Waals surface area (Å²) in [5.74, 6) is 0.702. The lowest BCUT2D eigenvalue weighted by atomic mass is 9.86. The fraction of sp³-hybridized carbons (Fsp3) is 0.533. The number of sulfonamides is 1. The van der Waals surface area contributed by atoms with E-state index in [1.54, 1.807) is 11.8 Å². The van der Waals surface area contributed by atoms with Crippen molar-refractivity contribution in [3.8, 4) is 0 Å². The normalized spacial score (nSPS) is 23.3. The smallest absolute Gasteiger partial charge is 0.251 e. The maximum Gasteiger partial charge on any atom is 0.251 e. The van der Waals surface area contributed by atoms with E-state index in [9.17, 15) is 8.42 Å². The van der Waals surface area contributed by atoms with Gasteiger partial charge in [0.1, 0.15) is 5.84 Å². The molecule has 1 spiro atoms. The van der Waals surface area contributed by atoms with E-state index in [-0.39, 0.29) is 4.75 Å². The summed E-state index contributed by atoms with van der Waals surface area (Å²) in [5, 5.41) is 0. The lowest BCUT2D eigenvalue weighted by Gasteiger charge is -2.45. The zero-order valence-corrected chi connectivity index (χ0v) is 14.0. The van der Waals surface area contributed by atoms with Gasteiger partial charge in [-0.05, 0) is 25.0 Å². The van der Waals surface area contributed by atoms with E-state index in [4.69, 9.17) is 0 Å². The molecular formula is C15H20N2O2S2. The third-order valence-corrected chi connectivity index (χ3v) is 6.22. The van der Waals surface area contributed by atoms with Crippen molar-refractivity contribution in [2.45, 2.75) is 41.7 Å². The molecule has 0 saturated heterocycles. The number of fused-ring (bicyclic) bond motifs is 1. The van der Waals surface area contributed by atoms with Gasteiger partial charge < -0.3 is 4.90 Å². The second-order valence-corrected chi connectivity index (χ2v) is 8.91. The van der Waals surface area contributed by atoms with Crippen molar-refractivity contribution < 1.29 is 8.42 Å². The van der Waals surface area contributed by atoms with Crippen molar-refractivity contribution in [1.82, 2.24) is 0 Å². The number of anilines is 1. The minimum atomic E-state index is -3.40. The van der Waals surface area contributed by atoms with Crippen molar-refractivity contribution in [2.24, 2.45) is 4.40 Å². The summed E-state index contributed by atoms with van der Waals surface area (Å²) in [6, 6.07) is 8.15. The van der Waals surface area contributed by atoms with Crippen LogP contribution in [-0.2, 0) is 10.0 Å². The van der Waals surface area contributed by atoms with Gasteiger partial charge in [-0.15, -0.1) is 16.2 Å². The van der Waals surface area contributed by atoms with E-state index in [1.807, 2.05) is 30.1 Å². The first-order valence-electron chi connectivity index (χ1n) is 7.23. The molecule has 4 nitrogen and oxygen atoms in total. The lowest BCUT2D eigenvalue weighted by molar-refractivity contribution is 0.465. The van der Waals surface area contributed by atoms with Crippen LogP contribution in [0.3, 0.4) is 0 Å². The second kappa shape index (κ2) is 5.32. The van der Waals surface area contributed by atoms with Gasteiger partial charge in [0.2, 0.25) is 0 Å². The largest absolute Gasteiger partial charge is 0.330 e. The molecule has 2 aliphatic rings. The topological polar surface area (TPSA) is 49.7 Å². The van der Waals surface area contributed by atoms with E-state index >= 15 is 0 Å². The van der Waals surface area contributed by atoms with Crippen molar-refractivity contribution >= 4 is 33.3 Å². The van der Waals surface area contributed by atoms with Crippen molar-refractivity contribution in [3.63, 3.8) is 0 Å². The number of hydrogen-bond donors (Lipinski definition) is 0. The molecule has 6 heteroatoms. The van der Waals surface area contributed by atoms with Crippen LogP contribution >= 0.6 is 11.8 Å². The molecule has 1 aliphatic heterocycles. The molecule has 114 valence electrons. The highest BCUT2D eigenvalue weighted by atomic mass is 32.2. The van der Waals surface area contributed by atoms with Gasteiger partial charge in [0, 0.05) is 11.9 Å². The molecule has 21 heavy (non-hydrogen) atoms. The Bertz CT molecular complexity index is 677. The minimum absolute atomic E-state index is 0.190. The monoisotopic (exact) mass is 324 g/mol. The van der Waals surface area contributed by atoms with Crippen LogP contribution in [0.15, 0.2) is 33.6 Å². The SMILES string of the molecule is CN1/C(=N/S(C)(=O)=O)C2(CCCCC2)Sc2ccccc21.